The van der Waals surface area contributed by atoms with Gasteiger partial charge in [-0.1, -0.05) is 11.6 Å². The fourth-order valence-electron chi connectivity index (χ4n) is 2.13. The SMILES string of the molecule is O=C(NC1CCCC(C(=O)O)C1)c1ccon1. The molecule has 2 rings (SSSR count). The summed E-state index contributed by atoms with van der Waals surface area (Å²) in [7, 11) is 0. The van der Waals surface area contributed by atoms with E-state index < -0.39 is 5.97 Å². The number of amides is 1. The smallest absolute Gasteiger partial charge is 0.306 e. The Kier molecular flexibility index (Phi) is 3.41. The van der Waals surface area contributed by atoms with Crippen molar-refractivity contribution in [1.82, 2.24) is 10.5 Å². The van der Waals surface area contributed by atoms with Crippen LogP contribution in [-0.2, 0) is 4.79 Å². The molecule has 1 amide bonds. The van der Waals surface area contributed by atoms with Crippen LogP contribution in [0.1, 0.15) is 36.2 Å². The molecule has 0 aromatic carbocycles. The largest absolute Gasteiger partial charge is 0.481 e. The zero-order valence-electron chi connectivity index (χ0n) is 9.26. The molecule has 1 heterocycles. The molecule has 6 heteroatoms. The number of carboxylic acid groups (broad SMARTS) is 1. The van der Waals surface area contributed by atoms with E-state index in [-0.39, 0.29) is 23.6 Å². The van der Waals surface area contributed by atoms with Gasteiger partial charge in [0.15, 0.2) is 5.69 Å². The number of nitrogens with zero attached hydrogens (tertiary/aromatic N) is 1. The van der Waals surface area contributed by atoms with E-state index in [9.17, 15) is 9.59 Å². The maximum atomic E-state index is 11.7. The average Bonchev–Trinajstić information content (AvgIpc) is 2.82. The van der Waals surface area contributed by atoms with Gasteiger partial charge >= 0.3 is 5.97 Å². The van der Waals surface area contributed by atoms with Crippen LogP contribution in [0, 0.1) is 5.92 Å². The molecule has 1 aromatic heterocycles. The lowest BCUT2D eigenvalue weighted by molar-refractivity contribution is -0.143. The summed E-state index contributed by atoms with van der Waals surface area (Å²) in [5.41, 5.74) is 0.224. The van der Waals surface area contributed by atoms with E-state index in [1.54, 1.807) is 0 Å². The van der Waals surface area contributed by atoms with Crippen molar-refractivity contribution in [3.8, 4) is 0 Å². The number of nitrogens with one attached hydrogen (secondary N) is 1. The van der Waals surface area contributed by atoms with Gasteiger partial charge in [0.1, 0.15) is 6.26 Å². The Morgan fingerprint density at radius 3 is 2.94 bits per heavy atom. The normalized spacial score (nSPS) is 24.2. The number of carboxylic acids is 1. The maximum Gasteiger partial charge on any atom is 0.306 e. The topological polar surface area (TPSA) is 92.4 Å². The Bertz CT molecular complexity index is 402. The van der Waals surface area contributed by atoms with E-state index in [0.717, 1.165) is 12.8 Å². The van der Waals surface area contributed by atoms with Gasteiger partial charge in [-0.25, -0.2) is 0 Å². The van der Waals surface area contributed by atoms with E-state index in [4.69, 9.17) is 5.11 Å². The second-order valence-electron chi connectivity index (χ2n) is 4.26. The molecule has 0 saturated heterocycles. The summed E-state index contributed by atoms with van der Waals surface area (Å²) in [6.45, 7) is 0. The average molecular weight is 238 g/mol. The number of carbonyl (C=O) groups is 2. The Morgan fingerprint density at radius 2 is 2.29 bits per heavy atom. The number of hydrogen-bond acceptors (Lipinski definition) is 4. The first-order valence-corrected chi connectivity index (χ1v) is 5.61. The molecule has 0 bridgehead atoms. The molecule has 2 N–H and O–H groups in total. The lowest BCUT2D eigenvalue weighted by atomic mass is 9.86. The highest BCUT2D eigenvalue weighted by atomic mass is 16.5. The van der Waals surface area contributed by atoms with Gasteiger partial charge in [-0.2, -0.15) is 0 Å². The molecule has 1 fully saturated rings. The summed E-state index contributed by atoms with van der Waals surface area (Å²) < 4.78 is 4.58. The van der Waals surface area contributed by atoms with Gasteiger partial charge in [0.25, 0.3) is 5.91 Å². The number of carbonyl (C=O) groups excluding carboxylic acids is 1. The van der Waals surface area contributed by atoms with Gasteiger partial charge in [-0.05, 0) is 19.3 Å². The van der Waals surface area contributed by atoms with Crippen LogP contribution in [0.4, 0.5) is 0 Å². The van der Waals surface area contributed by atoms with Crippen molar-refractivity contribution in [1.29, 1.82) is 0 Å². The lowest BCUT2D eigenvalue weighted by Crippen LogP contribution is -2.40. The fraction of sp³-hybridized carbons (Fsp3) is 0.545. The molecule has 1 aromatic rings. The van der Waals surface area contributed by atoms with Crippen molar-refractivity contribution in [3.05, 3.63) is 18.0 Å². The predicted octanol–water partition coefficient (Wildman–Crippen LogP) is 1.05. The van der Waals surface area contributed by atoms with Crippen molar-refractivity contribution >= 4 is 11.9 Å². The number of aliphatic carboxylic acids is 1. The molecule has 17 heavy (non-hydrogen) atoms. The van der Waals surface area contributed by atoms with E-state index in [2.05, 4.69) is 15.0 Å². The van der Waals surface area contributed by atoms with Crippen molar-refractivity contribution in [2.75, 3.05) is 0 Å². The van der Waals surface area contributed by atoms with Gasteiger partial charge in [-0.15, -0.1) is 0 Å². The van der Waals surface area contributed by atoms with Crippen LogP contribution in [0.3, 0.4) is 0 Å². The molecule has 6 nitrogen and oxygen atoms in total. The minimum absolute atomic E-state index is 0.0888. The van der Waals surface area contributed by atoms with Gasteiger partial charge in [0.05, 0.1) is 5.92 Å². The summed E-state index contributed by atoms with van der Waals surface area (Å²) in [6.07, 6.45) is 4.13. The first-order chi connectivity index (χ1) is 8.16. The summed E-state index contributed by atoms with van der Waals surface area (Å²) in [5, 5.41) is 15.2. The van der Waals surface area contributed by atoms with Gasteiger partial charge in [0.2, 0.25) is 0 Å². The van der Waals surface area contributed by atoms with Crippen LogP contribution < -0.4 is 5.32 Å². The minimum Gasteiger partial charge on any atom is -0.481 e. The molecule has 92 valence electrons. The highest BCUT2D eigenvalue weighted by Crippen LogP contribution is 2.24. The molecule has 1 aliphatic carbocycles. The van der Waals surface area contributed by atoms with Crippen molar-refractivity contribution < 1.29 is 19.2 Å². The van der Waals surface area contributed by atoms with Crippen LogP contribution in [0.2, 0.25) is 0 Å². The lowest BCUT2D eigenvalue weighted by Gasteiger charge is -2.26. The number of aromatic nitrogens is 1. The maximum absolute atomic E-state index is 11.7. The Labute approximate surface area is 98.0 Å². The first-order valence-electron chi connectivity index (χ1n) is 5.61. The standard InChI is InChI=1S/C11H14N2O4/c14-10(9-4-5-17-13-9)12-8-3-1-2-7(6-8)11(15)16/h4-5,7-8H,1-3,6H2,(H,12,14)(H,15,16). The molecule has 2 unspecified atom stereocenters. The Hall–Kier alpha value is -1.85. The van der Waals surface area contributed by atoms with Crippen LogP contribution in [0.5, 0.6) is 0 Å². The van der Waals surface area contributed by atoms with E-state index in [1.807, 2.05) is 0 Å². The third kappa shape index (κ3) is 2.83. The quantitative estimate of drug-likeness (QED) is 0.821. The van der Waals surface area contributed by atoms with E-state index >= 15 is 0 Å². The molecule has 0 radical (unpaired) electrons. The Balaban J connectivity index is 1.91. The summed E-state index contributed by atoms with van der Waals surface area (Å²) >= 11 is 0. The number of rotatable bonds is 3. The molecule has 0 spiro atoms. The molecular weight excluding hydrogens is 224 g/mol. The third-order valence-electron chi connectivity index (χ3n) is 3.03. The second kappa shape index (κ2) is 4.99. The highest BCUT2D eigenvalue weighted by Gasteiger charge is 2.28. The van der Waals surface area contributed by atoms with Crippen molar-refractivity contribution in [3.63, 3.8) is 0 Å². The summed E-state index contributed by atoms with van der Waals surface area (Å²) in [6, 6.07) is 1.39. The van der Waals surface area contributed by atoms with Gasteiger partial charge in [0, 0.05) is 12.1 Å². The minimum atomic E-state index is -0.787. The van der Waals surface area contributed by atoms with E-state index in [1.165, 1.54) is 12.3 Å². The van der Waals surface area contributed by atoms with Crippen LogP contribution in [0.15, 0.2) is 16.9 Å². The molecular formula is C11H14N2O4. The molecule has 0 aliphatic heterocycles. The zero-order chi connectivity index (χ0) is 12.3. The molecule has 1 aliphatic rings. The predicted molar refractivity (Wildman–Crippen MR) is 57.4 cm³/mol. The van der Waals surface area contributed by atoms with Gasteiger partial charge in [-0.3, -0.25) is 9.59 Å². The summed E-state index contributed by atoms with van der Waals surface area (Å²) in [5.74, 6) is -1.45. The zero-order valence-corrected chi connectivity index (χ0v) is 9.26. The van der Waals surface area contributed by atoms with Gasteiger partial charge < -0.3 is 14.9 Å². The fourth-order valence-corrected chi connectivity index (χ4v) is 2.13. The Morgan fingerprint density at radius 1 is 1.47 bits per heavy atom. The summed E-state index contributed by atoms with van der Waals surface area (Å²) in [4.78, 5) is 22.5. The monoisotopic (exact) mass is 238 g/mol. The number of hydrogen-bond donors (Lipinski definition) is 2. The highest BCUT2D eigenvalue weighted by molar-refractivity contribution is 5.92. The molecule has 2 atom stereocenters. The third-order valence-corrected chi connectivity index (χ3v) is 3.03. The van der Waals surface area contributed by atoms with Crippen molar-refractivity contribution in [2.24, 2.45) is 5.92 Å². The van der Waals surface area contributed by atoms with Crippen LogP contribution >= 0.6 is 0 Å². The first kappa shape index (κ1) is 11.6. The van der Waals surface area contributed by atoms with Crippen LogP contribution in [0.25, 0.3) is 0 Å². The van der Waals surface area contributed by atoms with Crippen LogP contribution in [-0.4, -0.2) is 28.2 Å². The second-order valence-corrected chi connectivity index (χ2v) is 4.26. The van der Waals surface area contributed by atoms with Crippen molar-refractivity contribution in [2.45, 2.75) is 31.7 Å². The molecule has 1 saturated carbocycles. The van der Waals surface area contributed by atoms with E-state index in [0.29, 0.717) is 12.8 Å².